The number of aromatic nitrogens is 1. The first kappa shape index (κ1) is 18.6. The monoisotopic (exact) mass is 388 g/mol. The molecule has 1 saturated carbocycles. The summed E-state index contributed by atoms with van der Waals surface area (Å²) in [5, 5.41) is 17.4. The molecule has 4 rings (SSSR count). The average Bonchev–Trinajstić information content (AvgIpc) is 3.57. The Morgan fingerprint density at radius 3 is 2.55 bits per heavy atom. The number of carbonyl (C=O) groups is 1. The molecule has 1 heterocycles. The van der Waals surface area contributed by atoms with E-state index in [2.05, 4.69) is 15.6 Å². The Hall–Kier alpha value is -3.74. The van der Waals surface area contributed by atoms with Gasteiger partial charge in [-0.15, -0.1) is 0 Å². The second-order valence-electron chi connectivity index (χ2n) is 7.03. The fourth-order valence-corrected chi connectivity index (χ4v) is 3.02. The molecule has 1 fully saturated rings. The smallest absolute Gasteiger partial charge is 0.293 e. The van der Waals surface area contributed by atoms with Gasteiger partial charge in [-0.05, 0) is 47.7 Å². The summed E-state index contributed by atoms with van der Waals surface area (Å²) in [4.78, 5) is 27.3. The van der Waals surface area contributed by atoms with Crippen molar-refractivity contribution in [2.45, 2.75) is 25.4 Å². The predicted molar refractivity (Wildman–Crippen MR) is 111 cm³/mol. The molecule has 0 aliphatic heterocycles. The van der Waals surface area contributed by atoms with Crippen LogP contribution in [0.2, 0.25) is 0 Å². The SMILES string of the molecule is O=C(NC1CC1)c1ccc(NCc2ccc(-c3cccnc3)cc2)c([N+](=O)[O-])c1. The number of anilines is 1. The zero-order chi connectivity index (χ0) is 20.2. The quantitative estimate of drug-likeness (QED) is 0.468. The van der Waals surface area contributed by atoms with Crippen molar-refractivity contribution in [1.82, 2.24) is 10.3 Å². The van der Waals surface area contributed by atoms with Gasteiger partial charge in [0.25, 0.3) is 11.6 Å². The molecule has 1 aliphatic carbocycles. The Morgan fingerprint density at radius 1 is 1.10 bits per heavy atom. The summed E-state index contributed by atoms with van der Waals surface area (Å²) >= 11 is 0. The van der Waals surface area contributed by atoms with Gasteiger partial charge in [-0.2, -0.15) is 0 Å². The number of pyridine rings is 1. The summed E-state index contributed by atoms with van der Waals surface area (Å²) in [5.74, 6) is -0.270. The zero-order valence-corrected chi connectivity index (χ0v) is 15.7. The molecule has 146 valence electrons. The number of hydrogen-bond acceptors (Lipinski definition) is 5. The second-order valence-corrected chi connectivity index (χ2v) is 7.03. The maximum absolute atomic E-state index is 12.2. The van der Waals surface area contributed by atoms with E-state index in [1.807, 2.05) is 36.4 Å². The van der Waals surface area contributed by atoms with Crippen LogP contribution in [0.25, 0.3) is 11.1 Å². The first-order valence-corrected chi connectivity index (χ1v) is 9.42. The Bertz CT molecular complexity index is 1030. The number of rotatable bonds is 7. The van der Waals surface area contributed by atoms with E-state index in [-0.39, 0.29) is 17.6 Å². The predicted octanol–water partition coefficient (Wildman–Crippen LogP) is 4.16. The van der Waals surface area contributed by atoms with Crippen molar-refractivity contribution < 1.29 is 9.72 Å². The summed E-state index contributed by atoms with van der Waals surface area (Å²) in [7, 11) is 0. The van der Waals surface area contributed by atoms with Crippen molar-refractivity contribution in [1.29, 1.82) is 0 Å². The van der Waals surface area contributed by atoms with Crippen molar-refractivity contribution in [2.75, 3.05) is 5.32 Å². The lowest BCUT2D eigenvalue weighted by atomic mass is 10.1. The van der Waals surface area contributed by atoms with Crippen LogP contribution in [0.15, 0.2) is 67.0 Å². The Kier molecular flexibility index (Phi) is 5.20. The minimum atomic E-state index is -0.470. The standard InChI is InChI=1S/C22H20N4O3/c27-22(25-19-8-9-19)17-7-10-20(21(12-17)26(28)29)24-13-15-3-5-16(6-4-15)18-2-1-11-23-14-18/h1-7,10-12,14,19,24H,8-9,13H2,(H,25,27). The molecule has 0 radical (unpaired) electrons. The van der Waals surface area contributed by atoms with Crippen LogP contribution in [0, 0.1) is 10.1 Å². The maximum Gasteiger partial charge on any atom is 0.293 e. The van der Waals surface area contributed by atoms with Crippen LogP contribution in [0.1, 0.15) is 28.8 Å². The van der Waals surface area contributed by atoms with Crippen molar-refractivity contribution in [3.63, 3.8) is 0 Å². The lowest BCUT2D eigenvalue weighted by Gasteiger charge is -2.10. The fourth-order valence-electron chi connectivity index (χ4n) is 3.02. The van der Waals surface area contributed by atoms with E-state index in [1.54, 1.807) is 24.5 Å². The Balaban J connectivity index is 1.46. The minimum Gasteiger partial charge on any atom is -0.375 e. The van der Waals surface area contributed by atoms with Gasteiger partial charge in [-0.1, -0.05) is 30.3 Å². The van der Waals surface area contributed by atoms with E-state index in [0.29, 0.717) is 17.8 Å². The van der Waals surface area contributed by atoms with E-state index in [0.717, 1.165) is 29.5 Å². The molecule has 0 bridgehead atoms. The average molecular weight is 388 g/mol. The van der Waals surface area contributed by atoms with Crippen LogP contribution in [-0.4, -0.2) is 21.9 Å². The molecule has 0 spiro atoms. The van der Waals surface area contributed by atoms with Crippen LogP contribution >= 0.6 is 0 Å². The van der Waals surface area contributed by atoms with Crippen LogP contribution in [0.4, 0.5) is 11.4 Å². The summed E-state index contributed by atoms with van der Waals surface area (Å²) in [6.45, 7) is 0.432. The van der Waals surface area contributed by atoms with Crippen LogP contribution in [0.3, 0.4) is 0 Å². The van der Waals surface area contributed by atoms with E-state index in [9.17, 15) is 14.9 Å². The van der Waals surface area contributed by atoms with Gasteiger partial charge >= 0.3 is 0 Å². The van der Waals surface area contributed by atoms with Crippen LogP contribution in [-0.2, 0) is 6.54 Å². The third kappa shape index (κ3) is 4.57. The molecule has 7 nitrogen and oxygen atoms in total. The molecule has 29 heavy (non-hydrogen) atoms. The van der Waals surface area contributed by atoms with E-state index >= 15 is 0 Å². The molecule has 1 aromatic heterocycles. The molecule has 2 aromatic carbocycles. The third-order valence-electron chi connectivity index (χ3n) is 4.80. The van der Waals surface area contributed by atoms with E-state index in [1.165, 1.54) is 6.07 Å². The van der Waals surface area contributed by atoms with Crippen LogP contribution < -0.4 is 10.6 Å². The number of amides is 1. The number of nitro groups is 1. The zero-order valence-electron chi connectivity index (χ0n) is 15.7. The number of hydrogen-bond donors (Lipinski definition) is 2. The molecular formula is C22H20N4O3. The molecule has 2 N–H and O–H groups in total. The normalized spacial score (nSPS) is 13.0. The van der Waals surface area contributed by atoms with Crippen molar-refractivity contribution in [2.24, 2.45) is 0 Å². The fraction of sp³-hybridized carbons (Fsp3) is 0.182. The van der Waals surface area contributed by atoms with Gasteiger partial charge in [-0.3, -0.25) is 19.9 Å². The Morgan fingerprint density at radius 2 is 1.90 bits per heavy atom. The van der Waals surface area contributed by atoms with Gasteiger partial charge < -0.3 is 10.6 Å². The molecule has 1 aliphatic rings. The molecule has 0 atom stereocenters. The van der Waals surface area contributed by atoms with Crippen molar-refractivity contribution in [3.05, 3.63) is 88.2 Å². The molecule has 0 unspecified atom stereocenters. The third-order valence-corrected chi connectivity index (χ3v) is 4.80. The highest BCUT2D eigenvalue weighted by Gasteiger charge is 2.25. The van der Waals surface area contributed by atoms with Gasteiger partial charge in [0.1, 0.15) is 5.69 Å². The number of nitrogens with one attached hydrogen (secondary N) is 2. The largest absolute Gasteiger partial charge is 0.375 e. The number of carbonyl (C=O) groups excluding carboxylic acids is 1. The molecular weight excluding hydrogens is 368 g/mol. The summed E-state index contributed by atoms with van der Waals surface area (Å²) in [5.41, 5.74) is 3.65. The highest BCUT2D eigenvalue weighted by Crippen LogP contribution is 2.27. The summed E-state index contributed by atoms with van der Waals surface area (Å²) in [6, 6.07) is 16.5. The van der Waals surface area contributed by atoms with Gasteiger partial charge in [-0.25, -0.2) is 0 Å². The van der Waals surface area contributed by atoms with Crippen molar-refractivity contribution >= 4 is 17.3 Å². The topological polar surface area (TPSA) is 97.2 Å². The first-order chi connectivity index (χ1) is 14.1. The lowest BCUT2D eigenvalue weighted by molar-refractivity contribution is -0.384. The number of nitro benzene ring substituents is 1. The van der Waals surface area contributed by atoms with E-state index in [4.69, 9.17) is 0 Å². The number of nitrogens with zero attached hydrogens (tertiary/aromatic N) is 2. The summed E-state index contributed by atoms with van der Waals surface area (Å²) < 4.78 is 0. The second kappa shape index (κ2) is 8.10. The summed E-state index contributed by atoms with van der Waals surface area (Å²) in [6.07, 6.45) is 5.47. The molecule has 0 saturated heterocycles. The van der Waals surface area contributed by atoms with Gasteiger partial charge in [0.2, 0.25) is 0 Å². The minimum absolute atomic E-state index is 0.111. The highest BCUT2D eigenvalue weighted by atomic mass is 16.6. The molecule has 3 aromatic rings. The Labute approximate surface area is 167 Å². The highest BCUT2D eigenvalue weighted by molar-refractivity contribution is 5.96. The van der Waals surface area contributed by atoms with Gasteiger partial charge in [0, 0.05) is 36.6 Å². The van der Waals surface area contributed by atoms with E-state index < -0.39 is 4.92 Å². The van der Waals surface area contributed by atoms with Gasteiger partial charge in [0.05, 0.1) is 4.92 Å². The number of benzene rings is 2. The maximum atomic E-state index is 12.2. The van der Waals surface area contributed by atoms with Crippen molar-refractivity contribution in [3.8, 4) is 11.1 Å². The van der Waals surface area contributed by atoms with Crippen LogP contribution in [0.5, 0.6) is 0 Å². The molecule has 1 amide bonds. The molecule has 7 heteroatoms. The lowest BCUT2D eigenvalue weighted by Crippen LogP contribution is -2.25. The first-order valence-electron chi connectivity index (χ1n) is 9.42. The van der Waals surface area contributed by atoms with Gasteiger partial charge in [0.15, 0.2) is 0 Å².